The first-order valence-electron chi connectivity index (χ1n) is 7.72. The lowest BCUT2D eigenvalue weighted by Gasteiger charge is -2.31. The van der Waals surface area contributed by atoms with Gasteiger partial charge in [0.05, 0.1) is 0 Å². The van der Waals surface area contributed by atoms with Gasteiger partial charge in [-0.3, -0.25) is 4.90 Å². The molecule has 1 aliphatic carbocycles. The van der Waals surface area contributed by atoms with Gasteiger partial charge in [0.25, 0.3) is 0 Å². The predicted octanol–water partition coefficient (Wildman–Crippen LogP) is 3.85. The van der Waals surface area contributed by atoms with Gasteiger partial charge in [-0.2, -0.15) is 0 Å². The van der Waals surface area contributed by atoms with Gasteiger partial charge in [0, 0.05) is 17.3 Å². The van der Waals surface area contributed by atoms with Crippen LogP contribution in [0.4, 0.5) is 0 Å². The molecular formula is C17H24N2S. The largest absolute Gasteiger partial charge is 0.330 e. The van der Waals surface area contributed by atoms with Crippen LogP contribution < -0.4 is 5.73 Å². The lowest BCUT2D eigenvalue weighted by atomic mass is 10.0. The molecule has 0 spiro atoms. The number of nitrogens with two attached hydrogens (primary N) is 1. The van der Waals surface area contributed by atoms with Gasteiger partial charge in [-0.15, -0.1) is 11.3 Å². The summed E-state index contributed by atoms with van der Waals surface area (Å²) in [6.45, 7) is 5.30. The van der Waals surface area contributed by atoms with Crippen molar-refractivity contribution in [3.63, 3.8) is 0 Å². The molecule has 1 saturated carbocycles. The number of nitrogens with zero attached hydrogens (tertiary/aromatic N) is 1. The van der Waals surface area contributed by atoms with E-state index in [2.05, 4.69) is 41.5 Å². The highest BCUT2D eigenvalue weighted by Gasteiger charge is 2.30. The molecule has 2 aromatic rings. The van der Waals surface area contributed by atoms with Gasteiger partial charge < -0.3 is 5.73 Å². The quantitative estimate of drug-likeness (QED) is 0.905. The Bertz CT molecular complexity index is 563. The summed E-state index contributed by atoms with van der Waals surface area (Å²) in [4.78, 5) is 2.64. The molecule has 2 nitrogen and oxygen atoms in total. The molecule has 0 saturated heterocycles. The van der Waals surface area contributed by atoms with Crippen molar-refractivity contribution in [2.45, 2.75) is 38.8 Å². The smallest absolute Gasteiger partial charge is 0.0346 e. The molecule has 0 amide bonds. The summed E-state index contributed by atoms with van der Waals surface area (Å²) < 4.78 is 1.40. The van der Waals surface area contributed by atoms with Crippen molar-refractivity contribution in [3.05, 3.63) is 35.2 Å². The zero-order valence-electron chi connectivity index (χ0n) is 12.2. The van der Waals surface area contributed by atoms with E-state index in [-0.39, 0.29) is 0 Å². The standard InChI is InChI=1S/C17H24N2S/c1-2-19(16-8-5-6-13(16)10-18)11-14-12-20-17-9-4-3-7-15(14)17/h3-4,7,9,12-13,16H,2,5-6,8,10-11,18H2,1H3. The van der Waals surface area contributed by atoms with Crippen LogP contribution in [0.5, 0.6) is 0 Å². The predicted molar refractivity (Wildman–Crippen MR) is 88.1 cm³/mol. The van der Waals surface area contributed by atoms with E-state index in [0.717, 1.165) is 19.6 Å². The Balaban J connectivity index is 1.81. The Hall–Kier alpha value is -0.900. The molecule has 0 bridgehead atoms. The zero-order chi connectivity index (χ0) is 13.9. The van der Waals surface area contributed by atoms with Crippen molar-refractivity contribution >= 4 is 21.4 Å². The molecule has 1 aliphatic rings. The summed E-state index contributed by atoms with van der Waals surface area (Å²) in [6, 6.07) is 9.43. The third kappa shape index (κ3) is 2.62. The second kappa shape index (κ2) is 6.25. The molecule has 1 heterocycles. The van der Waals surface area contributed by atoms with Crippen LogP contribution in [0.15, 0.2) is 29.6 Å². The van der Waals surface area contributed by atoms with E-state index >= 15 is 0 Å². The number of benzene rings is 1. The minimum absolute atomic E-state index is 0.684. The third-order valence-electron chi connectivity index (χ3n) is 4.73. The number of hydrogen-bond donors (Lipinski definition) is 1. The van der Waals surface area contributed by atoms with Gasteiger partial charge in [-0.25, -0.2) is 0 Å². The molecular weight excluding hydrogens is 264 g/mol. The lowest BCUT2D eigenvalue weighted by molar-refractivity contribution is 0.163. The van der Waals surface area contributed by atoms with Crippen LogP contribution in [0.2, 0.25) is 0 Å². The van der Waals surface area contributed by atoms with E-state index in [1.807, 2.05) is 11.3 Å². The van der Waals surface area contributed by atoms with Crippen LogP contribution in [-0.4, -0.2) is 24.0 Å². The third-order valence-corrected chi connectivity index (χ3v) is 5.74. The second-order valence-corrected chi connectivity index (χ2v) is 6.73. The minimum atomic E-state index is 0.684. The topological polar surface area (TPSA) is 29.3 Å². The summed E-state index contributed by atoms with van der Waals surface area (Å²) in [7, 11) is 0. The van der Waals surface area contributed by atoms with Gasteiger partial charge in [0.2, 0.25) is 0 Å². The SMILES string of the molecule is CCN(Cc1csc2ccccc12)C1CCCC1CN. The normalized spacial score (nSPS) is 22.9. The van der Waals surface area contributed by atoms with E-state index in [4.69, 9.17) is 5.73 Å². The van der Waals surface area contributed by atoms with E-state index in [1.54, 1.807) is 0 Å². The zero-order valence-corrected chi connectivity index (χ0v) is 13.0. The van der Waals surface area contributed by atoms with Gasteiger partial charge in [0.15, 0.2) is 0 Å². The number of fused-ring (bicyclic) bond motifs is 1. The summed E-state index contributed by atoms with van der Waals surface area (Å²) in [5.41, 5.74) is 7.44. The van der Waals surface area contributed by atoms with Gasteiger partial charge >= 0.3 is 0 Å². The van der Waals surface area contributed by atoms with E-state index in [0.29, 0.717) is 12.0 Å². The monoisotopic (exact) mass is 288 g/mol. The molecule has 1 fully saturated rings. The Morgan fingerprint density at radius 2 is 2.15 bits per heavy atom. The maximum absolute atomic E-state index is 5.96. The van der Waals surface area contributed by atoms with Crippen molar-refractivity contribution in [1.82, 2.24) is 4.90 Å². The molecule has 20 heavy (non-hydrogen) atoms. The van der Waals surface area contributed by atoms with E-state index < -0.39 is 0 Å². The van der Waals surface area contributed by atoms with Crippen molar-refractivity contribution in [2.75, 3.05) is 13.1 Å². The molecule has 0 radical (unpaired) electrons. The summed E-state index contributed by atoms with van der Waals surface area (Å²) in [6.07, 6.45) is 3.97. The van der Waals surface area contributed by atoms with Crippen LogP contribution in [0.3, 0.4) is 0 Å². The number of thiophene rings is 1. The number of hydrogen-bond acceptors (Lipinski definition) is 3. The first-order chi connectivity index (χ1) is 9.83. The average Bonchev–Trinajstić information content (AvgIpc) is 3.11. The average molecular weight is 288 g/mol. The van der Waals surface area contributed by atoms with Gasteiger partial charge in [-0.05, 0) is 54.2 Å². The Morgan fingerprint density at radius 3 is 2.95 bits per heavy atom. The molecule has 0 aliphatic heterocycles. The summed E-state index contributed by atoms with van der Waals surface area (Å²) in [5.74, 6) is 0.694. The highest BCUT2D eigenvalue weighted by atomic mass is 32.1. The van der Waals surface area contributed by atoms with Crippen LogP contribution in [0.1, 0.15) is 31.7 Å². The molecule has 2 N–H and O–H groups in total. The molecule has 1 aromatic heterocycles. The molecule has 3 heteroatoms. The number of rotatable bonds is 5. The Labute approximate surface area is 125 Å². The van der Waals surface area contributed by atoms with E-state index in [1.165, 1.54) is 34.9 Å². The van der Waals surface area contributed by atoms with Crippen molar-refractivity contribution < 1.29 is 0 Å². The summed E-state index contributed by atoms with van der Waals surface area (Å²) >= 11 is 1.86. The molecule has 108 valence electrons. The highest BCUT2D eigenvalue weighted by Crippen LogP contribution is 2.32. The van der Waals surface area contributed by atoms with Gasteiger partial charge in [0.1, 0.15) is 0 Å². The fraction of sp³-hybridized carbons (Fsp3) is 0.529. The van der Waals surface area contributed by atoms with Crippen molar-refractivity contribution in [2.24, 2.45) is 11.7 Å². The van der Waals surface area contributed by atoms with Gasteiger partial charge in [-0.1, -0.05) is 31.5 Å². The van der Waals surface area contributed by atoms with Crippen LogP contribution in [-0.2, 0) is 6.54 Å². The Kier molecular flexibility index (Phi) is 4.39. The molecule has 2 atom stereocenters. The van der Waals surface area contributed by atoms with Crippen LogP contribution in [0, 0.1) is 5.92 Å². The fourth-order valence-electron chi connectivity index (χ4n) is 3.61. The van der Waals surface area contributed by atoms with Crippen LogP contribution >= 0.6 is 11.3 Å². The van der Waals surface area contributed by atoms with Crippen molar-refractivity contribution in [1.29, 1.82) is 0 Å². The molecule has 3 rings (SSSR count). The fourth-order valence-corrected chi connectivity index (χ4v) is 4.56. The second-order valence-electron chi connectivity index (χ2n) is 5.81. The Morgan fingerprint density at radius 1 is 1.30 bits per heavy atom. The molecule has 1 aromatic carbocycles. The first-order valence-corrected chi connectivity index (χ1v) is 8.60. The minimum Gasteiger partial charge on any atom is -0.330 e. The van der Waals surface area contributed by atoms with Crippen LogP contribution in [0.25, 0.3) is 10.1 Å². The maximum atomic E-state index is 5.96. The first kappa shape index (κ1) is 14.1. The van der Waals surface area contributed by atoms with E-state index in [9.17, 15) is 0 Å². The maximum Gasteiger partial charge on any atom is 0.0346 e. The lowest BCUT2D eigenvalue weighted by Crippen LogP contribution is -2.39. The highest BCUT2D eigenvalue weighted by molar-refractivity contribution is 7.17. The summed E-state index contributed by atoms with van der Waals surface area (Å²) in [5, 5.41) is 3.76. The molecule has 2 unspecified atom stereocenters. The van der Waals surface area contributed by atoms with Crippen molar-refractivity contribution in [3.8, 4) is 0 Å².